The second-order valence-corrected chi connectivity index (χ2v) is 4.49. The molecule has 0 unspecified atom stereocenters. The zero-order valence-corrected chi connectivity index (χ0v) is 12.5. The molecule has 6 heteroatoms. The number of hydrogen-bond donors (Lipinski definition) is 1. The summed E-state index contributed by atoms with van der Waals surface area (Å²) in [7, 11) is 1.58. The lowest BCUT2D eigenvalue weighted by molar-refractivity contribution is -0.136. The van der Waals surface area contributed by atoms with Crippen molar-refractivity contribution in [2.45, 2.75) is 13.3 Å². The van der Waals surface area contributed by atoms with Gasteiger partial charge in [-0.05, 0) is 19.1 Å². The van der Waals surface area contributed by atoms with Crippen molar-refractivity contribution in [3.05, 3.63) is 30.3 Å². The Morgan fingerprint density at radius 1 is 1.19 bits per heavy atom. The summed E-state index contributed by atoms with van der Waals surface area (Å²) in [6.45, 7) is 3.48. The molecule has 0 aromatic heterocycles. The minimum atomic E-state index is -0.927. The van der Waals surface area contributed by atoms with E-state index >= 15 is 0 Å². The van der Waals surface area contributed by atoms with Crippen LogP contribution in [0.2, 0.25) is 0 Å². The molecule has 0 aliphatic carbocycles. The van der Waals surface area contributed by atoms with Gasteiger partial charge in [0.2, 0.25) is 0 Å². The number of carbonyl (C=O) groups is 2. The Labute approximate surface area is 124 Å². The van der Waals surface area contributed by atoms with Crippen LogP contribution in [0.25, 0.3) is 0 Å². The van der Waals surface area contributed by atoms with Crippen LogP contribution in [0, 0.1) is 0 Å². The fourth-order valence-electron chi connectivity index (χ4n) is 1.91. The molecule has 1 aromatic rings. The first kappa shape index (κ1) is 17.0. The molecule has 1 aromatic carbocycles. The molecule has 1 rings (SSSR count). The fourth-order valence-corrected chi connectivity index (χ4v) is 1.91. The third-order valence-corrected chi connectivity index (χ3v) is 3.07. The fraction of sp³-hybridized carbons (Fsp3) is 0.467. The number of hydrogen-bond acceptors (Lipinski definition) is 3. The molecule has 1 N–H and O–H groups in total. The van der Waals surface area contributed by atoms with Crippen LogP contribution in [0.15, 0.2) is 30.3 Å². The largest absolute Gasteiger partial charge is 0.481 e. The molecule has 0 heterocycles. The first-order chi connectivity index (χ1) is 10.1. The Hall–Kier alpha value is -2.08. The number of rotatable bonds is 8. The standard InChI is InChI=1S/C15H22N2O4/c1-3-16(11-12-21-2)15(20)17(10-9-14(18)19)13-7-5-4-6-8-13/h4-8H,3,9-12H2,1-2H3,(H,18,19). The lowest BCUT2D eigenvalue weighted by Gasteiger charge is -2.29. The van der Waals surface area contributed by atoms with Crippen molar-refractivity contribution < 1.29 is 19.4 Å². The molecule has 0 saturated carbocycles. The highest BCUT2D eigenvalue weighted by Gasteiger charge is 2.21. The van der Waals surface area contributed by atoms with Crippen LogP contribution in [0.3, 0.4) is 0 Å². The van der Waals surface area contributed by atoms with Crippen molar-refractivity contribution in [2.75, 3.05) is 38.3 Å². The van der Waals surface area contributed by atoms with Gasteiger partial charge in [0.1, 0.15) is 0 Å². The highest BCUT2D eigenvalue weighted by atomic mass is 16.5. The van der Waals surface area contributed by atoms with Crippen molar-refractivity contribution in [3.63, 3.8) is 0 Å². The highest BCUT2D eigenvalue weighted by Crippen LogP contribution is 2.16. The summed E-state index contributed by atoms with van der Waals surface area (Å²) in [5.41, 5.74) is 0.694. The molecule has 116 valence electrons. The van der Waals surface area contributed by atoms with Crippen LogP contribution in [-0.4, -0.2) is 55.4 Å². The lowest BCUT2D eigenvalue weighted by atomic mass is 10.2. The molecule has 21 heavy (non-hydrogen) atoms. The lowest BCUT2D eigenvalue weighted by Crippen LogP contribution is -2.45. The van der Waals surface area contributed by atoms with Gasteiger partial charge in [-0.1, -0.05) is 18.2 Å². The van der Waals surface area contributed by atoms with Crippen molar-refractivity contribution in [1.29, 1.82) is 0 Å². The monoisotopic (exact) mass is 294 g/mol. The quantitative estimate of drug-likeness (QED) is 0.796. The van der Waals surface area contributed by atoms with Crippen molar-refractivity contribution >= 4 is 17.7 Å². The van der Waals surface area contributed by atoms with E-state index in [-0.39, 0.29) is 19.0 Å². The van der Waals surface area contributed by atoms with E-state index in [1.165, 1.54) is 4.90 Å². The highest BCUT2D eigenvalue weighted by molar-refractivity contribution is 5.92. The Morgan fingerprint density at radius 2 is 1.86 bits per heavy atom. The minimum absolute atomic E-state index is 0.0948. The summed E-state index contributed by atoms with van der Waals surface area (Å²) in [5, 5.41) is 8.86. The summed E-state index contributed by atoms with van der Waals surface area (Å²) in [6.07, 6.45) is -0.0948. The number of carboxylic acid groups (broad SMARTS) is 1. The zero-order chi connectivity index (χ0) is 15.7. The molecular weight excluding hydrogens is 272 g/mol. The van der Waals surface area contributed by atoms with Crippen LogP contribution in [0.1, 0.15) is 13.3 Å². The number of benzene rings is 1. The SMILES string of the molecule is CCN(CCOC)C(=O)N(CCC(=O)O)c1ccccc1. The maximum atomic E-state index is 12.6. The summed E-state index contributed by atoms with van der Waals surface area (Å²) in [6, 6.07) is 8.88. The molecular formula is C15H22N2O4. The molecule has 0 atom stereocenters. The predicted molar refractivity (Wildman–Crippen MR) is 80.6 cm³/mol. The van der Waals surface area contributed by atoms with E-state index in [0.29, 0.717) is 25.4 Å². The first-order valence-electron chi connectivity index (χ1n) is 6.92. The van der Waals surface area contributed by atoms with Crippen molar-refractivity contribution in [2.24, 2.45) is 0 Å². The Balaban J connectivity index is 2.88. The molecule has 2 amide bonds. The van der Waals surface area contributed by atoms with Gasteiger partial charge in [-0.25, -0.2) is 4.79 Å². The average molecular weight is 294 g/mol. The molecule has 0 aliphatic rings. The van der Waals surface area contributed by atoms with Gasteiger partial charge in [0.15, 0.2) is 0 Å². The Bertz CT molecular complexity index is 450. The molecule has 0 spiro atoms. The molecule has 0 saturated heterocycles. The molecule has 0 radical (unpaired) electrons. The van der Waals surface area contributed by atoms with Gasteiger partial charge in [-0.15, -0.1) is 0 Å². The summed E-state index contributed by atoms with van der Waals surface area (Å²) in [4.78, 5) is 26.5. The number of aliphatic carboxylic acids is 1. The third-order valence-electron chi connectivity index (χ3n) is 3.07. The Morgan fingerprint density at radius 3 is 2.38 bits per heavy atom. The van der Waals surface area contributed by atoms with E-state index in [0.717, 1.165) is 0 Å². The number of likely N-dealkylation sites (N-methyl/N-ethyl adjacent to an activating group) is 1. The van der Waals surface area contributed by atoms with Crippen LogP contribution >= 0.6 is 0 Å². The zero-order valence-electron chi connectivity index (χ0n) is 12.5. The molecule has 0 bridgehead atoms. The van der Waals surface area contributed by atoms with Gasteiger partial charge in [0.25, 0.3) is 0 Å². The van der Waals surface area contributed by atoms with Gasteiger partial charge >= 0.3 is 12.0 Å². The summed E-state index contributed by atoms with van der Waals surface area (Å²) in [5.74, 6) is -0.927. The van der Waals surface area contributed by atoms with Crippen molar-refractivity contribution in [3.8, 4) is 0 Å². The van der Waals surface area contributed by atoms with Crippen LogP contribution in [0.4, 0.5) is 10.5 Å². The number of amides is 2. The van der Waals surface area contributed by atoms with E-state index in [4.69, 9.17) is 9.84 Å². The number of nitrogens with zero attached hydrogens (tertiary/aromatic N) is 2. The predicted octanol–water partition coefficient (Wildman–Crippen LogP) is 2.06. The number of carboxylic acids is 1. The van der Waals surface area contributed by atoms with Gasteiger partial charge < -0.3 is 14.7 Å². The second kappa shape index (κ2) is 8.97. The van der Waals surface area contributed by atoms with E-state index < -0.39 is 5.97 Å². The van der Waals surface area contributed by atoms with Crippen LogP contribution < -0.4 is 4.90 Å². The van der Waals surface area contributed by atoms with Gasteiger partial charge in [0, 0.05) is 32.4 Å². The molecule has 0 aliphatic heterocycles. The van der Waals surface area contributed by atoms with E-state index in [1.807, 2.05) is 25.1 Å². The van der Waals surface area contributed by atoms with E-state index in [1.54, 1.807) is 24.1 Å². The second-order valence-electron chi connectivity index (χ2n) is 4.49. The average Bonchev–Trinajstić information content (AvgIpc) is 2.49. The maximum Gasteiger partial charge on any atom is 0.324 e. The van der Waals surface area contributed by atoms with E-state index in [9.17, 15) is 9.59 Å². The van der Waals surface area contributed by atoms with Crippen LogP contribution in [-0.2, 0) is 9.53 Å². The normalized spacial score (nSPS) is 10.2. The maximum absolute atomic E-state index is 12.6. The molecule has 0 fully saturated rings. The van der Waals surface area contributed by atoms with Gasteiger partial charge in [0.05, 0.1) is 13.0 Å². The summed E-state index contributed by atoms with van der Waals surface area (Å²) < 4.78 is 5.00. The van der Waals surface area contributed by atoms with Crippen LogP contribution in [0.5, 0.6) is 0 Å². The number of urea groups is 1. The van der Waals surface area contributed by atoms with Crippen molar-refractivity contribution in [1.82, 2.24) is 4.90 Å². The first-order valence-corrected chi connectivity index (χ1v) is 6.92. The third kappa shape index (κ3) is 5.43. The number of carbonyl (C=O) groups excluding carboxylic acids is 1. The van der Waals surface area contributed by atoms with E-state index in [2.05, 4.69) is 0 Å². The Kier molecular flexibility index (Phi) is 7.25. The number of para-hydroxylation sites is 1. The minimum Gasteiger partial charge on any atom is -0.481 e. The smallest absolute Gasteiger partial charge is 0.324 e. The summed E-state index contributed by atoms with van der Waals surface area (Å²) >= 11 is 0. The topological polar surface area (TPSA) is 70.1 Å². The van der Waals surface area contributed by atoms with Gasteiger partial charge in [-0.3, -0.25) is 9.69 Å². The van der Waals surface area contributed by atoms with Gasteiger partial charge in [-0.2, -0.15) is 0 Å². The number of ether oxygens (including phenoxy) is 1. The number of anilines is 1. The molecule has 6 nitrogen and oxygen atoms in total. The number of methoxy groups -OCH3 is 1.